The Balaban J connectivity index is 1.33. The van der Waals surface area contributed by atoms with Crippen LogP contribution in [0, 0.1) is 0 Å². The summed E-state index contributed by atoms with van der Waals surface area (Å²) in [7, 11) is 0. The Labute approximate surface area is 392 Å². The van der Waals surface area contributed by atoms with Gasteiger partial charge in [-0.3, -0.25) is 0 Å². The van der Waals surface area contributed by atoms with Crippen LogP contribution >= 0.6 is 0 Å². The van der Waals surface area contributed by atoms with Crippen LogP contribution in [0.25, 0.3) is 22.3 Å². The second-order valence-electron chi connectivity index (χ2n) is 23.7. The van der Waals surface area contributed by atoms with Crippen molar-refractivity contribution in [3.63, 3.8) is 0 Å². The molecule has 0 amide bonds. The maximum Gasteiger partial charge on any atom is 0.252 e. The van der Waals surface area contributed by atoms with Gasteiger partial charge in [0, 0.05) is 34.0 Å². The molecule has 2 aliphatic heterocycles. The third-order valence-corrected chi connectivity index (χ3v) is 15.1. The predicted molar refractivity (Wildman–Crippen MR) is 283 cm³/mol. The molecule has 7 aromatic rings. The van der Waals surface area contributed by atoms with Gasteiger partial charge in [-0.1, -0.05) is 181 Å². The van der Waals surface area contributed by atoms with Crippen molar-refractivity contribution >= 4 is 57.2 Å². The highest BCUT2D eigenvalue weighted by atomic mass is 15.2. The molecule has 2 heterocycles. The minimum atomic E-state index is -0.0676. The summed E-state index contributed by atoms with van der Waals surface area (Å²) < 4.78 is 9.80. The maximum absolute atomic E-state index is 9.80. The summed E-state index contributed by atoms with van der Waals surface area (Å²) in [5.74, 6) is 0. The van der Waals surface area contributed by atoms with Gasteiger partial charge in [0.25, 0.3) is 6.71 Å². The van der Waals surface area contributed by atoms with Gasteiger partial charge in [-0.05, 0) is 155 Å². The molecule has 0 saturated heterocycles. The SMILES string of the molecule is [2H]c1cc2c3c(c1)N(c1ccc(C(C)(C)C)cc1-c1cccc(-c4ccccc4)c1)c1cc4c(cc1B3c1ccc(C(C)(C)C)cc1N2c1cccc(C(C)(C)C)c1)C(C)(C)CCC4(C)C. The van der Waals surface area contributed by atoms with Gasteiger partial charge in [0.1, 0.15) is 0 Å². The lowest BCUT2D eigenvalue weighted by molar-refractivity contribution is 0.332. The summed E-state index contributed by atoms with van der Waals surface area (Å²) in [6, 6.07) is 53.4. The summed E-state index contributed by atoms with van der Waals surface area (Å²) >= 11 is 0. The van der Waals surface area contributed by atoms with Crippen molar-refractivity contribution in [3.05, 3.63) is 173 Å². The Morgan fingerprint density at radius 2 is 1.00 bits per heavy atom. The van der Waals surface area contributed by atoms with Crippen molar-refractivity contribution in [3.8, 4) is 22.3 Å². The third kappa shape index (κ3) is 7.25. The van der Waals surface area contributed by atoms with E-state index in [1.807, 2.05) is 0 Å². The van der Waals surface area contributed by atoms with E-state index in [1.165, 1.54) is 77.8 Å². The van der Waals surface area contributed by atoms with Gasteiger partial charge < -0.3 is 9.80 Å². The lowest BCUT2D eigenvalue weighted by atomic mass is 9.33. The first-order valence-electron chi connectivity index (χ1n) is 24.5. The molecular formula is C62H67BN2. The van der Waals surface area contributed by atoms with E-state index in [0.29, 0.717) is 6.04 Å². The van der Waals surface area contributed by atoms with Gasteiger partial charge >= 0.3 is 0 Å². The first-order valence-corrected chi connectivity index (χ1v) is 24.0. The maximum atomic E-state index is 9.80. The molecule has 7 aromatic carbocycles. The minimum Gasteiger partial charge on any atom is -0.311 e. The Morgan fingerprint density at radius 1 is 0.446 bits per heavy atom. The third-order valence-electron chi connectivity index (χ3n) is 15.1. The molecule has 0 N–H and O–H groups in total. The van der Waals surface area contributed by atoms with Crippen LogP contribution in [0.1, 0.15) is 132 Å². The average molecular weight is 852 g/mol. The molecule has 0 bridgehead atoms. The first-order chi connectivity index (χ1) is 31.0. The molecule has 0 aromatic heterocycles. The van der Waals surface area contributed by atoms with Gasteiger partial charge in [0.15, 0.2) is 0 Å². The van der Waals surface area contributed by atoms with Gasteiger partial charge in [-0.25, -0.2) is 0 Å². The zero-order chi connectivity index (χ0) is 46.9. The van der Waals surface area contributed by atoms with Crippen LogP contribution in [0.15, 0.2) is 146 Å². The molecule has 0 spiro atoms. The topological polar surface area (TPSA) is 6.48 Å². The molecule has 0 atom stereocenters. The molecule has 2 nitrogen and oxygen atoms in total. The van der Waals surface area contributed by atoms with Gasteiger partial charge in [-0.2, -0.15) is 0 Å². The monoisotopic (exact) mass is 852 g/mol. The second-order valence-corrected chi connectivity index (χ2v) is 23.7. The zero-order valence-corrected chi connectivity index (χ0v) is 41.2. The Hall–Kier alpha value is -5.80. The molecule has 0 radical (unpaired) electrons. The highest BCUT2D eigenvalue weighted by Gasteiger charge is 2.47. The largest absolute Gasteiger partial charge is 0.311 e. The van der Waals surface area contributed by atoms with E-state index in [-0.39, 0.29) is 33.8 Å². The summed E-state index contributed by atoms with van der Waals surface area (Å²) in [5, 5.41) is 0. The molecule has 3 aliphatic rings. The quantitative estimate of drug-likeness (QED) is 0.163. The van der Waals surface area contributed by atoms with Crippen molar-refractivity contribution in [1.29, 1.82) is 0 Å². The Morgan fingerprint density at radius 3 is 1.68 bits per heavy atom. The number of fused-ring (bicyclic) bond motifs is 5. The van der Waals surface area contributed by atoms with E-state index in [2.05, 4.69) is 239 Å². The van der Waals surface area contributed by atoms with Crippen LogP contribution in [0.5, 0.6) is 0 Å². The predicted octanol–water partition coefficient (Wildman–Crippen LogP) is 15.3. The molecule has 1 aliphatic carbocycles. The molecule has 0 saturated carbocycles. The van der Waals surface area contributed by atoms with Crippen LogP contribution < -0.4 is 26.2 Å². The lowest BCUT2D eigenvalue weighted by Gasteiger charge is -2.47. The number of hydrogen-bond donors (Lipinski definition) is 0. The fourth-order valence-corrected chi connectivity index (χ4v) is 11.0. The van der Waals surface area contributed by atoms with E-state index in [9.17, 15) is 1.37 Å². The molecule has 10 rings (SSSR count). The Kier molecular flexibility index (Phi) is 9.58. The van der Waals surface area contributed by atoms with Gasteiger partial charge in [0.2, 0.25) is 0 Å². The van der Waals surface area contributed by atoms with E-state index < -0.39 is 0 Å². The summed E-state index contributed by atoms with van der Waals surface area (Å²) in [5.41, 5.74) is 22.1. The fourth-order valence-electron chi connectivity index (χ4n) is 11.0. The average Bonchev–Trinajstić information content (AvgIpc) is 3.26. The number of anilines is 6. The van der Waals surface area contributed by atoms with Crippen molar-refractivity contribution in [1.82, 2.24) is 0 Å². The molecule has 3 heteroatoms. The normalized spacial score (nSPS) is 16.3. The summed E-state index contributed by atoms with van der Waals surface area (Å²) in [6.45, 7) is 30.5. The highest BCUT2D eigenvalue weighted by Crippen LogP contribution is 2.52. The van der Waals surface area contributed by atoms with Crippen molar-refractivity contribution in [2.75, 3.05) is 9.80 Å². The number of hydrogen-bond acceptors (Lipinski definition) is 2. The van der Waals surface area contributed by atoms with E-state index in [4.69, 9.17) is 0 Å². The molecule has 0 fully saturated rings. The molecule has 65 heavy (non-hydrogen) atoms. The fraction of sp³-hybridized carbons (Fsp3) is 0.323. The summed E-state index contributed by atoms with van der Waals surface area (Å²) in [6.07, 6.45) is 2.27. The standard InChI is InChI=1S/C62H67BN2/c1-58(2,3)43-24-18-25-46(35-43)64-53-26-19-27-54-57(53)63(50-30-28-45(37-55(50)64)60(7,8)9)51-38-48-49(62(12,13)33-32-61(48,10)11)39-56(51)65(54)52-31-29-44(59(4,5)6)36-47(52)42-23-17-22-41(34-42)40-20-15-14-16-21-40/h14-31,34-39H,32-33H2,1-13H3/i19D. The summed E-state index contributed by atoms with van der Waals surface area (Å²) in [4.78, 5) is 5.06. The van der Waals surface area contributed by atoms with Crippen LogP contribution in [-0.2, 0) is 27.1 Å². The van der Waals surface area contributed by atoms with Crippen molar-refractivity contribution in [2.45, 2.75) is 130 Å². The van der Waals surface area contributed by atoms with E-state index in [1.54, 1.807) is 0 Å². The molecule has 328 valence electrons. The van der Waals surface area contributed by atoms with E-state index >= 15 is 0 Å². The smallest absolute Gasteiger partial charge is 0.252 e. The van der Waals surface area contributed by atoms with Gasteiger partial charge in [-0.15, -0.1) is 0 Å². The van der Waals surface area contributed by atoms with Crippen LogP contribution in [0.4, 0.5) is 34.1 Å². The number of rotatable bonds is 4. The first kappa shape index (κ1) is 41.9. The number of benzene rings is 7. The lowest BCUT2D eigenvalue weighted by Crippen LogP contribution is -2.62. The molecular weight excluding hydrogens is 784 g/mol. The number of nitrogens with zero attached hydrogens (tertiary/aromatic N) is 2. The van der Waals surface area contributed by atoms with Crippen molar-refractivity contribution < 1.29 is 1.37 Å². The minimum absolute atomic E-state index is 0.00183. The van der Waals surface area contributed by atoms with E-state index in [0.717, 1.165) is 35.6 Å². The second kappa shape index (κ2) is 14.9. The highest BCUT2D eigenvalue weighted by molar-refractivity contribution is 7.00. The van der Waals surface area contributed by atoms with Gasteiger partial charge in [0.05, 0.1) is 7.06 Å². The Bertz CT molecular complexity index is 3060. The van der Waals surface area contributed by atoms with Crippen LogP contribution in [0.3, 0.4) is 0 Å². The van der Waals surface area contributed by atoms with Crippen LogP contribution in [0.2, 0.25) is 0 Å². The zero-order valence-electron chi connectivity index (χ0n) is 42.2. The van der Waals surface area contributed by atoms with Crippen LogP contribution in [-0.4, -0.2) is 6.71 Å². The molecule has 0 unspecified atom stereocenters. The van der Waals surface area contributed by atoms with Crippen molar-refractivity contribution in [2.24, 2.45) is 0 Å².